The number of carboxylic acids is 1. The van der Waals surface area contributed by atoms with Gasteiger partial charge in [0.15, 0.2) is 0 Å². The molecule has 0 spiro atoms. The molecule has 2 aliphatic heterocycles. The van der Waals surface area contributed by atoms with E-state index in [1.54, 1.807) is 12.1 Å². The lowest BCUT2D eigenvalue weighted by atomic mass is 10.0. The van der Waals surface area contributed by atoms with Gasteiger partial charge in [0.25, 0.3) is 10.2 Å². The maximum atomic E-state index is 13.1. The maximum absolute atomic E-state index is 13.1. The molecular formula is C17H24FN3O4S. The highest BCUT2D eigenvalue weighted by Crippen LogP contribution is 2.23. The van der Waals surface area contributed by atoms with E-state index in [9.17, 15) is 22.7 Å². The van der Waals surface area contributed by atoms with E-state index in [1.165, 1.54) is 20.7 Å². The van der Waals surface area contributed by atoms with Crippen LogP contribution in [0.2, 0.25) is 0 Å². The van der Waals surface area contributed by atoms with Crippen LogP contribution in [0.1, 0.15) is 19.3 Å². The van der Waals surface area contributed by atoms with Crippen LogP contribution in [0.5, 0.6) is 0 Å². The van der Waals surface area contributed by atoms with Crippen molar-refractivity contribution in [3.05, 3.63) is 30.1 Å². The smallest absolute Gasteiger partial charge is 0.307 e. The summed E-state index contributed by atoms with van der Waals surface area (Å²) >= 11 is 0. The van der Waals surface area contributed by atoms with Crippen molar-refractivity contribution in [3.8, 4) is 0 Å². The van der Waals surface area contributed by atoms with Gasteiger partial charge in [0.1, 0.15) is 5.82 Å². The summed E-state index contributed by atoms with van der Waals surface area (Å²) in [6, 6.07) is 6.19. The first-order valence-corrected chi connectivity index (χ1v) is 10.3. The molecule has 2 heterocycles. The van der Waals surface area contributed by atoms with Crippen LogP contribution in [-0.4, -0.2) is 67.4 Å². The van der Waals surface area contributed by atoms with Crippen molar-refractivity contribution in [2.24, 2.45) is 5.92 Å². The van der Waals surface area contributed by atoms with Gasteiger partial charge in [-0.05, 0) is 43.5 Å². The van der Waals surface area contributed by atoms with E-state index >= 15 is 0 Å². The van der Waals surface area contributed by atoms with E-state index < -0.39 is 22.1 Å². The Labute approximate surface area is 153 Å². The van der Waals surface area contributed by atoms with Gasteiger partial charge in [0.05, 0.1) is 5.92 Å². The Hall–Kier alpha value is -1.71. The second-order valence-corrected chi connectivity index (χ2v) is 8.69. The van der Waals surface area contributed by atoms with Crippen LogP contribution < -0.4 is 4.90 Å². The number of nitrogens with zero attached hydrogens (tertiary/aromatic N) is 3. The van der Waals surface area contributed by atoms with E-state index in [4.69, 9.17) is 0 Å². The van der Waals surface area contributed by atoms with Crippen molar-refractivity contribution < 1.29 is 22.7 Å². The van der Waals surface area contributed by atoms with Crippen LogP contribution in [0.3, 0.4) is 0 Å². The molecule has 9 heteroatoms. The molecule has 1 aromatic carbocycles. The predicted octanol–water partition coefficient (Wildman–Crippen LogP) is 1.38. The van der Waals surface area contributed by atoms with Crippen molar-refractivity contribution in [1.82, 2.24) is 8.61 Å². The Bertz CT molecular complexity index is 741. The van der Waals surface area contributed by atoms with E-state index in [2.05, 4.69) is 0 Å². The van der Waals surface area contributed by atoms with E-state index in [1.807, 2.05) is 4.90 Å². The molecule has 26 heavy (non-hydrogen) atoms. The van der Waals surface area contributed by atoms with Crippen LogP contribution in [0, 0.1) is 11.7 Å². The fourth-order valence-electron chi connectivity index (χ4n) is 3.55. The standard InChI is InChI=1S/C17H24FN3O4S/c18-15-4-6-16(7-5-15)19-8-2-10-20(12-11-19)26(24,25)21-9-1-3-14(13-21)17(22)23/h4-7,14H,1-3,8-13H2,(H,22,23). The van der Waals surface area contributed by atoms with Crippen LogP contribution in [-0.2, 0) is 15.0 Å². The molecule has 0 aliphatic carbocycles. The molecule has 2 saturated heterocycles. The normalized spacial score (nSPS) is 23.6. The first-order valence-electron chi connectivity index (χ1n) is 8.86. The summed E-state index contributed by atoms with van der Waals surface area (Å²) in [7, 11) is -3.67. The third-order valence-electron chi connectivity index (χ3n) is 5.03. The summed E-state index contributed by atoms with van der Waals surface area (Å²) < 4.78 is 41.7. The minimum absolute atomic E-state index is 0.0375. The van der Waals surface area contributed by atoms with E-state index in [0.29, 0.717) is 52.0 Å². The lowest BCUT2D eigenvalue weighted by Crippen LogP contribution is -2.50. The van der Waals surface area contributed by atoms with Crippen molar-refractivity contribution in [2.75, 3.05) is 44.2 Å². The number of hydrogen-bond donors (Lipinski definition) is 1. The zero-order valence-electron chi connectivity index (χ0n) is 14.6. The SMILES string of the molecule is O=C(O)C1CCCN(S(=O)(=O)N2CCCN(c3ccc(F)cc3)CC2)C1. The minimum Gasteiger partial charge on any atom is -0.481 e. The fourth-order valence-corrected chi connectivity index (χ4v) is 5.28. The highest BCUT2D eigenvalue weighted by molar-refractivity contribution is 7.86. The van der Waals surface area contributed by atoms with Gasteiger partial charge in [-0.25, -0.2) is 4.39 Å². The van der Waals surface area contributed by atoms with Crippen molar-refractivity contribution in [3.63, 3.8) is 0 Å². The summed E-state index contributed by atoms with van der Waals surface area (Å²) in [5.41, 5.74) is 0.870. The number of halogens is 1. The molecule has 2 aliphatic rings. The fraction of sp³-hybridized carbons (Fsp3) is 0.588. The quantitative estimate of drug-likeness (QED) is 0.847. The lowest BCUT2D eigenvalue weighted by molar-refractivity contribution is -0.142. The third kappa shape index (κ3) is 4.16. The van der Waals surface area contributed by atoms with Crippen LogP contribution in [0.25, 0.3) is 0 Å². The molecule has 7 nitrogen and oxygen atoms in total. The van der Waals surface area contributed by atoms with Crippen molar-refractivity contribution in [1.29, 1.82) is 0 Å². The number of benzene rings is 1. The Morgan fingerprint density at radius 1 is 1.00 bits per heavy atom. The van der Waals surface area contributed by atoms with Gasteiger partial charge < -0.3 is 10.0 Å². The van der Waals surface area contributed by atoms with E-state index in [-0.39, 0.29) is 12.4 Å². The highest BCUT2D eigenvalue weighted by Gasteiger charge is 2.36. The number of anilines is 1. The summed E-state index contributed by atoms with van der Waals surface area (Å²) in [6.07, 6.45) is 1.73. The Kier molecular flexibility index (Phi) is 5.79. The number of carbonyl (C=O) groups is 1. The minimum atomic E-state index is -3.67. The molecule has 0 bridgehead atoms. The Morgan fingerprint density at radius 3 is 2.38 bits per heavy atom. The zero-order chi connectivity index (χ0) is 18.7. The van der Waals surface area contributed by atoms with Crippen LogP contribution >= 0.6 is 0 Å². The van der Waals surface area contributed by atoms with Gasteiger partial charge in [0.2, 0.25) is 0 Å². The van der Waals surface area contributed by atoms with Crippen molar-refractivity contribution >= 4 is 21.9 Å². The van der Waals surface area contributed by atoms with Gasteiger partial charge in [0, 0.05) is 45.0 Å². The number of rotatable bonds is 4. The summed E-state index contributed by atoms with van der Waals surface area (Å²) in [5, 5.41) is 9.19. The topological polar surface area (TPSA) is 81.2 Å². The largest absolute Gasteiger partial charge is 0.481 e. The molecule has 2 fully saturated rings. The van der Waals surface area contributed by atoms with Crippen LogP contribution in [0.4, 0.5) is 10.1 Å². The number of hydrogen-bond acceptors (Lipinski definition) is 4. The van der Waals surface area contributed by atoms with E-state index in [0.717, 1.165) is 5.69 Å². The zero-order valence-corrected chi connectivity index (χ0v) is 15.4. The lowest BCUT2D eigenvalue weighted by Gasteiger charge is -2.33. The number of aliphatic carboxylic acids is 1. The predicted molar refractivity (Wildman–Crippen MR) is 95.7 cm³/mol. The van der Waals surface area contributed by atoms with Gasteiger partial charge in [-0.2, -0.15) is 17.0 Å². The molecule has 0 saturated carbocycles. The molecular weight excluding hydrogens is 361 g/mol. The second-order valence-electron chi connectivity index (χ2n) is 6.76. The van der Waals surface area contributed by atoms with Gasteiger partial charge in [-0.1, -0.05) is 0 Å². The molecule has 1 atom stereocenters. The molecule has 1 unspecified atom stereocenters. The third-order valence-corrected chi connectivity index (χ3v) is 7.03. The maximum Gasteiger partial charge on any atom is 0.307 e. The molecule has 144 valence electrons. The summed E-state index contributed by atoms with van der Waals surface area (Å²) in [6.45, 7) is 2.33. The molecule has 0 aromatic heterocycles. The molecule has 1 aromatic rings. The molecule has 3 rings (SSSR count). The van der Waals surface area contributed by atoms with Crippen molar-refractivity contribution in [2.45, 2.75) is 19.3 Å². The van der Waals surface area contributed by atoms with Gasteiger partial charge in [-0.15, -0.1) is 0 Å². The van der Waals surface area contributed by atoms with Crippen LogP contribution in [0.15, 0.2) is 24.3 Å². The average molecular weight is 385 g/mol. The first-order chi connectivity index (χ1) is 12.4. The monoisotopic (exact) mass is 385 g/mol. The Balaban J connectivity index is 1.67. The highest BCUT2D eigenvalue weighted by atomic mass is 32.2. The first kappa shape index (κ1) is 19.1. The molecule has 0 amide bonds. The van der Waals surface area contributed by atoms with Gasteiger partial charge >= 0.3 is 5.97 Å². The molecule has 0 radical (unpaired) electrons. The molecule has 1 N–H and O–H groups in total. The Morgan fingerprint density at radius 2 is 1.69 bits per heavy atom. The number of piperidine rings is 1. The summed E-state index contributed by atoms with van der Waals surface area (Å²) in [4.78, 5) is 13.3. The summed E-state index contributed by atoms with van der Waals surface area (Å²) in [5.74, 6) is -1.88. The van der Waals surface area contributed by atoms with Gasteiger partial charge in [-0.3, -0.25) is 4.79 Å². The average Bonchev–Trinajstić information content (AvgIpc) is 2.89. The number of carboxylic acid groups (broad SMARTS) is 1. The second kappa shape index (κ2) is 7.89.